The van der Waals surface area contributed by atoms with Crippen molar-refractivity contribution in [2.24, 2.45) is 0 Å². The van der Waals surface area contributed by atoms with Crippen molar-refractivity contribution in [3.63, 3.8) is 0 Å². The van der Waals surface area contributed by atoms with Crippen LogP contribution in [-0.4, -0.2) is 48.9 Å². The van der Waals surface area contributed by atoms with E-state index < -0.39 is 21.9 Å². The van der Waals surface area contributed by atoms with Gasteiger partial charge in [0.1, 0.15) is 0 Å². The summed E-state index contributed by atoms with van der Waals surface area (Å²) in [6.07, 6.45) is -0.170. The molecule has 0 saturated heterocycles. The highest BCUT2D eigenvalue weighted by Crippen LogP contribution is 2.15. The minimum absolute atomic E-state index is 0.00370. The van der Waals surface area contributed by atoms with Crippen LogP contribution in [0.25, 0.3) is 0 Å². The number of carboxylic acids is 1. The maximum atomic E-state index is 12.6. The molecule has 0 atom stereocenters. The molecule has 1 aromatic carbocycles. The summed E-state index contributed by atoms with van der Waals surface area (Å²) in [5, 5.41) is 8.81. The molecule has 24 heavy (non-hydrogen) atoms. The zero-order chi connectivity index (χ0) is 18.5. The first-order valence-corrected chi connectivity index (χ1v) is 9.18. The number of carbonyl (C=O) groups excluding carboxylic acids is 1. The van der Waals surface area contributed by atoms with Gasteiger partial charge in [0, 0.05) is 24.2 Å². The Morgan fingerprint density at radius 3 is 2.33 bits per heavy atom. The van der Waals surface area contributed by atoms with Gasteiger partial charge in [0.25, 0.3) is 5.91 Å². The molecule has 0 unspecified atom stereocenters. The van der Waals surface area contributed by atoms with Gasteiger partial charge in [0.15, 0.2) is 0 Å². The fourth-order valence-electron chi connectivity index (χ4n) is 2.15. The highest BCUT2D eigenvalue weighted by atomic mass is 32.2. The first-order valence-electron chi connectivity index (χ1n) is 7.69. The van der Waals surface area contributed by atoms with Crippen LogP contribution in [0, 0.1) is 0 Å². The summed E-state index contributed by atoms with van der Waals surface area (Å²) in [5.74, 6) is -1.39. The summed E-state index contributed by atoms with van der Waals surface area (Å²) in [6, 6.07) is 5.27. The van der Waals surface area contributed by atoms with Crippen LogP contribution in [0.1, 0.15) is 44.5 Å². The van der Waals surface area contributed by atoms with Crippen molar-refractivity contribution in [3.8, 4) is 0 Å². The third kappa shape index (κ3) is 5.61. The number of carboxylic acid groups (broad SMARTS) is 1. The van der Waals surface area contributed by atoms with Crippen LogP contribution in [0.5, 0.6) is 0 Å². The first kappa shape index (κ1) is 20.1. The van der Waals surface area contributed by atoms with Crippen molar-refractivity contribution < 1.29 is 23.1 Å². The molecular weight excluding hydrogens is 332 g/mol. The Hall–Kier alpha value is -1.93. The van der Waals surface area contributed by atoms with Crippen molar-refractivity contribution in [2.45, 2.75) is 51.1 Å². The SMILES string of the molecule is CC(C)NS(=O)(=O)c1cccc(C(=O)N(CCC(=O)O)C(C)C)c1. The largest absolute Gasteiger partial charge is 0.481 e. The smallest absolute Gasteiger partial charge is 0.305 e. The zero-order valence-corrected chi connectivity index (χ0v) is 15.1. The van der Waals surface area contributed by atoms with Gasteiger partial charge in [-0.1, -0.05) is 6.07 Å². The molecule has 0 bridgehead atoms. The molecule has 0 radical (unpaired) electrons. The molecule has 0 aliphatic heterocycles. The maximum absolute atomic E-state index is 12.6. The lowest BCUT2D eigenvalue weighted by molar-refractivity contribution is -0.137. The van der Waals surface area contributed by atoms with E-state index in [1.54, 1.807) is 27.7 Å². The van der Waals surface area contributed by atoms with Gasteiger partial charge in [0.2, 0.25) is 10.0 Å². The molecule has 8 heteroatoms. The van der Waals surface area contributed by atoms with Crippen molar-refractivity contribution in [2.75, 3.05) is 6.54 Å². The second-order valence-corrected chi connectivity index (χ2v) is 7.75. The van der Waals surface area contributed by atoms with Gasteiger partial charge < -0.3 is 10.0 Å². The van der Waals surface area contributed by atoms with E-state index in [1.165, 1.54) is 29.2 Å². The molecule has 0 spiro atoms. The van der Waals surface area contributed by atoms with Crippen LogP contribution in [-0.2, 0) is 14.8 Å². The van der Waals surface area contributed by atoms with Gasteiger partial charge in [-0.3, -0.25) is 9.59 Å². The highest BCUT2D eigenvalue weighted by Gasteiger charge is 2.22. The van der Waals surface area contributed by atoms with Gasteiger partial charge in [-0.25, -0.2) is 13.1 Å². The number of benzene rings is 1. The lowest BCUT2D eigenvalue weighted by Gasteiger charge is -2.26. The van der Waals surface area contributed by atoms with Crippen molar-refractivity contribution in [1.82, 2.24) is 9.62 Å². The highest BCUT2D eigenvalue weighted by molar-refractivity contribution is 7.89. The predicted molar refractivity (Wildman–Crippen MR) is 90.3 cm³/mol. The Morgan fingerprint density at radius 2 is 1.83 bits per heavy atom. The number of nitrogens with one attached hydrogen (secondary N) is 1. The molecule has 7 nitrogen and oxygen atoms in total. The minimum atomic E-state index is -3.70. The molecule has 0 aliphatic carbocycles. The molecule has 134 valence electrons. The van der Waals surface area contributed by atoms with Crippen molar-refractivity contribution in [3.05, 3.63) is 29.8 Å². The minimum Gasteiger partial charge on any atom is -0.481 e. The first-order chi connectivity index (χ1) is 11.0. The average molecular weight is 356 g/mol. The number of rotatable bonds is 8. The fraction of sp³-hybridized carbons (Fsp3) is 0.500. The Labute approximate surface area is 142 Å². The van der Waals surface area contributed by atoms with E-state index in [9.17, 15) is 18.0 Å². The van der Waals surface area contributed by atoms with Crippen LogP contribution in [0.15, 0.2) is 29.2 Å². The van der Waals surface area contributed by atoms with Gasteiger partial charge in [-0.2, -0.15) is 0 Å². The summed E-state index contributed by atoms with van der Waals surface area (Å²) in [5.41, 5.74) is 0.209. The molecule has 1 amide bonds. The van der Waals surface area contributed by atoms with Gasteiger partial charge in [0.05, 0.1) is 11.3 Å². The Bertz CT molecular complexity index is 698. The molecule has 0 aliphatic rings. The zero-order valence-electron chi connectivity index (χ0n) is 14.3. The van der Waals surface area contributed by atoms with Gasteiger partial charge in [-0.15, -0.1) is 0 Å². The van der Waals surface area contributed by atoms with E-state index in [1.807, 2.05) is 0 Å². The number of aliphatic carboxylic acids is 1. The summed E-state index contributed by atoms with van der Waals surface area (Å²) in [4.78, 5) is 24.8. The molecule has 0 saturated carbocycles. The van der Waals surface area contributed by atoms with Crippen molar-refractivity contribution in [1.29, 1.82) is 0 Å². The van der Waals surface area contributed by atoms with Crippen LogP contribution >= 0.6 is 0 Å². The molecule has 2 N–H and O–H groups in total. The van der Waals surface area contributed by atoms with E-state index in [0.29, 0.717) is 0 Å². The second kappa shape index (κ2) is 8.25. The van der Waals surface area contributed by atoms with E-state index in [-0.39, 0.29) is 35.5 Å². The van der Waals surface area contributed by atoms with Crippen LogP contribution in [0.4, 0.5) is 0 Å². The lowest BCUT2D eigenvalue weighted by atomic mass is 10.1. The monoisotopic (exact) mass is 356 g/mol. The molecular formula is C16H24N2O5S. The van der Waals surface area contributed by atoms with Gasteiger partial charge in [-0.05, 0) is 45.9 Å². The number of hydrogen-bond acceptors (Lipinski definition) is 4. The van der Waals surface area contributed by atoms with Crippen LogP contribution in [0.2, 0.25) is 0 Å². The van der Waals surface area contributed by atoms with Crippen LogP contribution < -0.4 is 4.72 Å². The molecule has 0 fully saturated rings. The summed E-state index contributed by atoms with van der Waals surface area (Å²) in [6.45, 7) is 7.03. The number of sulfonamides is 1. The fourth-order valence-corrected chi connectivity index (χ4v) is 3.45. The second-order valence-electron chi connectivity index (χ2n) is 6.04. The summed E-state index contributed by atoms with van der Waals surface area (Å²) in [7, 11) is -3.70. The average Bonchev–Trinajstić information content (AvgIpc) is 2.45. The van der Waals surface area contributed by atoms with E-state index in [0.717, 1.165) is 0 Å². The van der Waals surface area contributed by atoms with E-state index in [4.69, 9.17) is 5.11 Å². The Kier molecular flexibility index (Phi) is 6.92. The topological polar surface area (TPSA) is 104 Å². The standard InChI is InChI=1S/C16H24N2O5S/c1-11(2)17-24(22,23)14-7-5-6-13(10-14)16(21)18(12(3)4)9-8-15(19)20/h5-7,10-12,17H,8-9H2,1-4H3,(H,19,20). The normalized spacial score (nSPS) is 11.8. The quantitative estimate of drug-likeness (QED) is 0.738. The van der Waals surface area contributed by atoms with E-state index in [2.05, 4.69) is 4.72 Å². The third-order valence-electron chi connectivity index (χ3n) is 3.23. The molecule has 0 heterocycles. The molecule has 0 aromatic heterocycles. The lowest BCUT2D eigenvalue weighted by Crippen LogP contribution is -2.38. The van der Waals surface area contributed by atoms with Gasteiger partial charge >= 0.3 is 5.97 Å². The number of carbonyl (C=O) groups is 2. The van der Waals surface area contributed by atoms with Crippen LogP contribution in [0.3, 0.4) is 0 Å². The number of amides is 1. The number of hydrogen-bond donors (Lipinski definition) is 2. The van der Waals surface area contributed by atoms with E-state index >= 15 is 0 Å². The number of nitrogens with zero attached hydrogens (tertiary/aromatic N) is 1. The molecule has 1 aromatic rings. The maximum Gasteiger partial charge on any atom is 0.305 e. The molecule has 1 rings (SSSR count). The summed E-state index contributed by atoms with van der Waals surface area (Å²) < 4.78 is 26.9. The summed E-state index contributed by atoms with van der Waals surface area (Å²) >= 11 is 0. The Morgan fingerprint density at radius 1 is 1.21 bits per heavy atom. The van der Waals surface area contributed by atoms with Crippen molar-refractivity contribution >= 4 is 21.9 Å². The predicted octanol–water partition coefficient (Wildman–Crippen LogP) is 1.70. The third-order valence-corrected chi connectivity index (χ3v) is 4.89. The Balaban J connectivity index is 3.10.